The number of hydrogen-bond donors (Lipinski definition) is 2. The Hall–Kier alpha value is -3.56. The lowest BCUT2D eigenvalue weighted by Crippen LogP contribution is -2.40. The molecule has 1 heterocycles. The third-order valence-corrected chi connectivity index (χ3v) is 5.55. The first-order chi connectivity index (χ1) is 16.6. The highest BCUT2D eigenvalue weighted by molar-refractivity contribution is 5.97. The zero-order valence-electron chi connectivity index (χ0n) is 19.4. The highest BCUT2D eigenvalue weighted by Gasteiger charge is 2.30. The third-order valence-electron chi connectivity index (χ3n) is 5.55. The quantitative estimate of drug-likeness (QED) is 0.676. The standard InChI is InChI=1S/C25H28F3N3O4/c1-17-4-9-21-20(15-17)24(34)30-10-13-31(12-2-3-22(32)29-11-14-35-21)23(33)16-18-5-7-19(8-6-18)25(26,27)28/h4-9,15H,2-3,10-14,16H2,1H3,(H,29,32)(H,30,34). The van der Waals surface area contributed by atoms with Crippen LogP contribution in [-0.4, -0.2) is 55.4 Å². The van der Waals surface area contributed by atoms with Crippen molar-refractivity contribution >= 4 is 17.7 Å². The van der Waals surface area contributed by atoms with Crippen molar-refractivity contribution in [3.8, 4) is 5.75 Å². The fourth-order valence-electron chi connectivity index (χ4n) is 3.68. The van der Waals surface area contributed by atoms with E-state index in [1.807, 2.05) is 13.0 Å². The van der Waals surface area contributed by atoms with Crippen LogP contribution < -0.4 is 15.4 Å². The van der Waals surface area contributed by atoms with Crippen LogP contribution in [0.2, 0.25) is 0 Å². The third kappa shape index (κ3) is 7.73. The van der Waals surface area contributed by atoms with Crippen LogP contribution in [-0.2, 0) is 22.2 Å². The maximum absolute atomic E-state index is 12.9. The molecule has 35 heavy (non-hydrogen) atoms. The molecule has 0 spiro atoms. The van der Waals surface area contributed by atoms with Crippen LogP contribution in [0.1, 0.15) is 39.9 Å². The summed E-state index contributed by atoms with van der Waals surface area (Å²) in [6.07, 6.45) is -3.93. The number of aryl methyl sites for hydroxylation is 1. The molecule has 0 fully saturated rings. The van der Waals surface area contributed by atoms with Gasteiger partial charge < -0.3 is 20.3 Å². The predicted octanol–water partition coefficient (Wildman–Crippen LogP) is 3.10. The first-order valence-corrected chi connectivity index (χ1v) is 11.4. The van der Waals surface area contributed by atoms with E-state index < -0.39 is 11.7 Å². The van der Waals surface area contributed by atoms with Crippen molar-refractivity contribution in [2.24, 2.45) is 0 Å². The Morgan fingerprint density at radius 2 is 1.77 bits per heavy atom. The molecule has 2 aromatic rings. The highest BCUT2D eigenvalue weighted by atomic mass is 19.4. The number of hydrogen-bond acceptors (Lipinski definition) is 4. The fraction of sp³-hybridized carbons (Fsp3) is 0.400. The molecule has 10 heteroatoms. The number of nitrogens with zero attached hydrogens (tertiary/aromatic N) is 1. The minimum atomic E-state index is -4.45. The average Bonchev–Trinajstić information content (AvgIpc) is 2.81. The number of halogens is 3. The molecule has 2 aromatic carbocycles. The van der Waals surface area contributed by atoms with E-state index in [4.69, 9.17) is 4.74 Å². The lowest BCUT2D eigenvalue weighted by atomic mass is 10.1. The molecule has 7 nitrogen and oxygen atoms in total. The highest BCUT2D eigenvalue weighted by Crippen LogP contribution is 2.29. The van der Waals surface area contributed by atoms with E-state index in [1.165, 1.54) is 17.0 Å². The zero-order valence-corrected chi connectivity index (χ0v) is 19.4. The smallest absolute Gasteiger partial charge is 0.416 e. The van der Waals surface area contributed by atoms with E-state index in [9.17, 15) is 27.6 Å². The summed E-state index contributed by atoms with van der Waals surface area (Å²) >= 11 is 0. The molecule has 3 amide bonds. The molecule has 1 aliphatic rings. The minimum absolute atomic E-state index is 0.0891. The molecular weight excluding hydrogens is 463 g/mol. The molecule has 0 bridgehead atoms. The summed E-state index contributed by atoms with van der Waals surface area (Å²) in [4.78, 5) is 39.3. The van der Waals surface area contributed by atoms with Gasteiger partial charge in [-0.25, -0.2) is 0 Å². The van der Waals surface area contributed by atoms with Crippen molar-refractivity contribution < 1.29 is 32.3 Å². The Balaban J connectivity index is 1.71. The molecule has 2 N–H and O–H groups in total. The molecular formula is C25H28F3N3O4. The zero-order chi connectivity index (χ0) is 25.4. The van der Waals surface area contributed by atoms with Crippen LogP contribution in [0.3, 0.4) is 0 Å². The van der Waals surface area contributed by atoms with E-state index >= 15 is 0 Å². The number of carbonyl (C=O) groups excluding carboxylic acids is 3. The van der Waals surface area contributed by atoms with Crippen LogP contribution in [0.15, 0.2) is 42.5 Å². The van der Waals surface area contributed by atoms with Gasteiger partial charge >= 0.3 is 6.18 Å². The summed E-state index contributed by atoms with van der Waals surface area (Å²) in [7, 11) is 0. The van der Waals surface area contributed by atoms with E-state index in [1.54, 1.807) is 12.1 Å². The Kier molecular flexibility index (Phi) is 8.73. The van der Waals surface area contributed by atoms with Gasteiger partial charge in [-0.15, -0.1) is 0 Å². The molecule has 0 saturated heterocycles. The van der Waals surface area contributed by atoms with Gasteiger partial charge in [0.15, 0.2) is 0 Å². The van der Waals surface area contributed by atoms with Gasteiger partial charge in [-0.2, -0.15) is 13.2 Å². The van der Waals surface area contributed by atoms with Gasteiger partial charge in [0.1, 0.15) is 12.4 Å². The minimum Gasteiger partial charge on any atom is -0.491 e. The molecule has 0 atom stereocenters. The number of nitrogens with one attached hydrogen (secondary N) is 2. The SMILES string of the molecule is Cc1ccc2c(c1)C(=O)NCCN(C(=O)Cc1ccc(C(F)(F)F)cc1)CCCC(=O)NCCO2. The average molecular weight is 492 g/mol. The topological polar surface area (TPSA) is 87.7 Å². The molecule has 0 unspecified atom stereocenters. The second-order valence-electron chi connectivity index (χ2n) is 8.31. The Morgan fingerprint density at radius 1 is 1.03 bits per heavy atom. The van der Waals surface area contributed by atoms with E-state index in [-0.39, 0.29) is 63.3 Å². The van der Waals surface area contributed by atoms with Gasteiger partial charge in [0.25, 0.3) is 5.91 Å². The number of alkyl halides is 3. The second-order valence-corrected chi connectivity index (χ2v) is 8.31. The number of fused-ring (bicyclic) bond motifs is 1. The van der Waals surface area contributed by atoms with Crippen molar-refractivity contribution in [3.63, 3.8) is 0 Å². The van der Waals surface area contributed by atoms with Crippen LogP contribution >= 0.6 is 0 Å². The number of ether oxygens (including phenoxy) is 1. The van der Waals surface area contributed by atoms with Gasteiger partial charge in [0, 0.05) is 26.1 Å². The fourth-order valence-corrected chi connectivity index (χ4v) is 3.68. The lowest BCUT2D eigenvalue weighted by molar-refractivity contribution is -0.137. The summed E-state index contributed by atoms with van der Waals surface area (Å²) < 4.78 is 44.1. The van der Waals surface area contributed by atoms with Gasteiger partial charge in [-0.05, 0) is 43.2 Å². The Bertz CT molecular complexity index is 1050. The van der Waals surface area contributed by atoms with Crippen LogP contribution in [0.5, 0.6) is 5.75 Å². The van der Waals surface area contributed by atoms with Crippen LogP contribution in [0, 0.1) is 6.92 Å². The van der Waals surface area contributed by atoms with E-state index in [2.05, 4.69) is 10.6 Å². The van der Waals surface area contributed by atoms with Gasteiger partial charge in [0.2, 0.25) is 11.8 Å². The van der Waals surface area contributed by atoms with E-state index in [0.717, 1.165) is 17.7 Å². The first-order valence-electron chi connectivity index (χ1n) is 11.4. The Morgan fingerprint density at radius 3 is 2.49 bits per heavy atom. The van der Waals surface area contributed by atoms with Crippen molar-refractivity contribution in [1.82, 2.24) is 15.5 Å². The monoisotopic (exact) mass is 491 g/mol. The van der Waals surface area contributed by atoms with Crippen molar-refractivity contribution in [2.75, 3.05) is 32.8 Å². The molecule has 3 rings (SSSR count). The van der Waals surface area contributed by atoms with Gasteiger partial charge in [0.05, 0.1) is 24.1 Å². The number of amides is 3. The maximum Gasteiger partial charge on any atom is 0.416 e. The summed E-state index contributed by atoms with van der Waals surface area (Å²) in [5.41, 5.74) is 0.897. The molecule has 1 aliphatic heterocycles. The number of carbonyl (C=O) groups is 3. The maximum atomic E-state index is 12.9. The van der Waals surface area contributed by atoms with Gasteiger partial charge in [-0.3, -0.25) is 14.4 Å². The summed E-state index contributed by atoms with van der Waals surface area (Å²) in [6.45, 7) is 2.95. The van der Waals surface area contributed by atoms with Crippen molar-refractivity contribution in [3.05, 3.63) is 64.7 Å². The summed E-state index contributed by atoms with van der Waals surface area (Å²) in [5.74, 6) is -0.439. The Labute approximate surface area is 201 Å². The van der Waals surface area contributed by atoms with Crippen LogP contribution in [0.25, 0.3) is 0 Å². The summed E-state index contributed by atoms with van der Waals surface area (Å²) in [6, 6.07) is 9.67. The molecule has 0 saturated carbocycles. The predicted molar refractivity (Wildman–Crippen MR) is 123 cm³/mol. The van der Waals surface area contributed by atoms with Crippen molar-refractivity contribution in [1.29, 1.82) is 0 Å². The second kappa shape index (κ2) is 11.7. The molecule has 0 aliphatic carbocycles. The molecule has 0 radical (unpaired) electrons. The van der Waals surface area contributed by atoms with E-state index in [0.29, 0.717) is 23.3 Å². The number of benzene rings is 2. The normalized spacial score (nSPS) is 16.2. The van der Waals surface area contributed by atoms with Gasteiger partial charge in [-0.1, -0.05) is 23.8 Å². The van der Waals surface area contributed by atoms with Crippen molar-refractivity contribution in [2.45, 2.75) is 32.4 Å². The molecule has 188 valence electrons. The summed E-state index contributed by atoms with van der Waals surface area (Å²) in [5, 5.41) is 5.54. The molecule has 0 aromatic heterocycles. The van der Waals surface area contributed by atoms with Crippen LogP contribution in [0.4, 0.5) is 13.2 Å². The largest absolute Gasteiger partial charge is 0.491 e. The lowest BCUT2D eigenvalue weighted by Gasteiger charge is -2.23. The first kappa shape index (κ1) is 26.1. The number of rotatable bonds is 2.